The van der Waals surface area contributed by atoms with Gasteiger partial charge < -0.3 is 10.1 Å². The van der Waals surface area contributed by atoms with Crippen LogP contribution in [0, 0.1) is 13.8 Å². The first-order chi connectivity index (χ1) is 13.1. The van der Waals surface area contributed by atoms with Gasteiger partial charge in [0.2, 0.25) is 0 Å². The molecule has 6 heteroatoms. The maximum Gasteiger partial charge on any atom is 0.320 e. The summed E-state index contributed by atoms with van der Waals surface area (Å²) in [6.45, 7) is 5.96. The maximum atomic E-state index is 5.26. The molecule has 0 bridgehead atoms. The van der Waals surface area contributed by atoms with E-state index in [0.29, 0.717) is 11.5 Å². The molecule has 0 unspecified atom stereocenters. The lowest BCUT2D eigenvalue weighted by Crippen LogP contribution is -2.02. The third-order valence-electron chi connectivity index (χ3n) is 4.16. The van der Waals surface area contributed by atoms with E-state index >= 15 is 0 Å². The summed E-state index contributed by atoms with van der Waals surface area (Å²) in [5.74, 6) is 0.624. The summed E-state index contributed by atoms with van der Waals surface area (Å²) in [6.07, 6.45) is 1.76. The van der Waals surface area contributed by atoms with Crippen LogP contribution in [0.5, 0.6) is 6.01 Å². The van der Waals surface area contributed by atoms with Crippen molar-refractivity contribution >= 4 is 22.5 Å². The van der Waals surface area contributed by atoms with Crippen LogP contribution < -0.4 is 10.1 Å². The van der Waals surface area contributed by atoms with Crippen LogP contribution in [-0.4, -0.2) is 27.0 Å². The van der Waals surface area contributed by atoms with Crippen molar-refractivity contribution in [1.29, 1.82) is 0 Å². The summed E-state index contributed by atoms with van der Waals surface area (Å²) in [5.41, 5.74) is 4.97. The number of anilines is 2. The van der Waals surface area contributed by atoms with E-state index in [4.69, 9.17) is 4.74 Å². The van der Waals surface area contributed by atoms with Gasteiger partial charge in [-0.15, -0.1) is 0 Å². The molecule has 0 aliphatic carbocycles. The number of nitrogens with zero attached hydrogens (tertiary/aromatic N) is 4. The third-order valence-corrected chi connectivity index (χ3v) is 4.16. The number of nitrogens with one attached hydrogen (secondary N) is 1. The topological polar surface area (TPSA) is 72.8 Å². The normalized spacial score (nSPS) is 10.8. The van der Waals surface area contributed by atoms with Gasteiger partial charge in [0.15, 0.2) is 5.65 Å². The molecule has 4 aromatic rings. The van der Waals surface area contributed by atoms with E-state index in [0.717, 1.165) is 33.6 Å². The van der Waals surface area contributed by atoms with Gasteiger partial charge in [0.05, 0.1) is 23.9 Å². The molecule has 0 fully saturated rings. The molecule has 0 aliphatic rings. The van der Waals surface area contributed by atoms with Gasteiger partial charge in [0.25, 0.3) is 0 Å². The second kappa shape index (κ2) is 6.99. The second-order valence-electron chi connectivity index (χ2n) is 6.12. The summed E-state index contributed by atoms with van der Waals surface area (Å²) in [7, 11) is 1.54. The fourth-order valence-electron chi connectivity index (χ4n) is 2.85. The minimum atomic E-state index is 0.248. The van der Waals surface area contributed by atoms with E-state index in [2.05, 4.69) is 32.2 Å². The molecule has 6 nitrogen and oxygen atoms in total. The summed E-state index contributed by atoms with van der Waals surface area (Å²) >= 11 is 0. The Kier molecular flexibility index (Phi) is 4.38. The molecule has 1 N–H and O–H groups in total. The smallest absolute Gasteiger partial charge is 0.320 e. The molecule has 3 heterocycles. The monoisotopic (exact) mass is 356 g/mol. The summed E-state index contributed by atoms with van der Waals surface area (Å²) in [4.78, 5) is 18.0. The fraction of sp³-hybridized carbons (Fsp3) is 0.0952. The van der Waals surface area contributed by atoms with E-state index in [1.807, 2.05) is 55.5 Å². The maximum absolute atomic E-state index is 5.26. The molecule has 1 aromatic carbocycles. The SMILES string of the molecule is [CH2]c1cccc(Nc2nc(OC)nc3nc(-c4ncccc4C)ccc23)c1. The van der Waals surface area contributed by atoms with Gasteiger partial charge in [0, 0.05) is 11.9 Å². The molecule has 27 heavy (non-hydrogen) atoms. The number of aryl methyl sites for hydroxylation is 1. The lowest BCUT2D eigenvalue weighted by atomic mass is 10.1. The quantitative estimate of drug-likeness (QED) is 0.587. The highest BCUT2D eigenvalue weighted by molar-refractivity contribution is 5.90. The molecule has 0 saturated carbocycles. The lowest BCUT2D eigenvalue weighted by Gasteiger charge is -2.11. The average Bonchev–Trinajstić information content (AvgIpc) is 2.68. The Bertz CT molecular complexity index is 1130. The first-order valence-electron chi connectivity index (χ1n) is 8.48. The minimum Gasteiger partial charge on any atom is -0.467 e. The molecule has 0 saturated heterocycles. The predicted molar refractivity (Wildman–Crippen MR) is 106 cm³/mol. The Morgan fingerprint density at radius 2 is 1.89 bits per heavy atom. The van der Waals surface area contributed by atoms with Gasteiger partial charge in [-0.05, 0) is 55.3 Å². The molecule has 0 spiro atoms. The van der Waals surface area contributed by atoms with Crippen molar-refractivity contribution in [2.75, 3.05) is 12.4 Å². The van der Waals surface area contributed by atoms with E-state index in [1.54, 1.807) is 6.20 Å². The van der Waals surface area contributed by atoms with Crippen molar-refractivity contribution in [3.05, 3.63) is 72.8 Å². The van der Waals surface area contributed by atoms with Gasteiger partial charge >= 0.3 is 6.01 Å². The molecule has 4 rings (SSSR count). The Labute approximate surface area is 157 Å². The van der Waals surface area contributed by atoms with E-state index < -0.39 is 0 Å². The Hall–Kier alpha value is -3.54. The molecule has 3 aromatic heterocycles. The first-order valence-corrected chi connectivity index (χ1v) is 8.48. The van der Waals surface area contributed by atoms with Gasteiger partial charge in [-0.3, -0.25) is 4.98 Å². The van der Waals surface area contributed by atoms with Gasteiger partial charge in [-0.1, -0.05) is 18.2 Å². The lowest BCUT2D eigenvalue weighted by molar-refractivity contribution is 0.382. The van der Waals surface area contributed by atoms with Crippen LogP contribution in [-0.2, 0) is 0 Å². The standard InChI is InChI=1S/C21H18N5O/c1-13-6-4-8-15(12-13)23-19-16-9-10-17(18-14(2)7-5-11-22-18)24-20(16)26-21(25-19)27-3/h4-12H,1H2,2-3H3,(H,23,24,25,26). The zero-order chi connectivity index (χ0) is 18.8. The zero-order valence-electron chi connectivity index (χ0n) is 15.1. The van der Waals surface area contributed by atoms with Crippen molar-refractivity contribution in [2.45, 2.75) is 6.92 Å². The highest BCUT2D eigenvalue weighted by Gasteiger charge is 2.13. The molecular weight excluding hydrogens is 338 g/mol. The van der Waals surface area contributed by atoms with Crippen molar-refractivity contribution in [3.8, 4) is 17.4 Å². The number of benzene rings is 1. The third kappa shape index (κ3) is 3.42. The molecular formula is C21H18N5O. The number of rotatable bonds is 4. The number of ether oxygens (including phenoxy) is 1. The first kappa shape index (κ1) is 16.9. The van der Waals surface area contributed by atoms with Gasteiger partial charge in [-0.25, -0.2) is 4.98 Å². The number of aromatic nitrogens is 4. The van der Waals surface area contributed by atoms with Crippen LogP contribution in [0.4, 0.5) is 11.5 Å². The van der Waals surface area contributed by atoms with Gasteiger partial charge in [0.1, 0.15) is 5.82 Å². The highest BCUT2D eigenvalue weighted by Crippen LogP contribution is 2.28. The van der Waals surface area contributed by atoms with Crippen LogP contribution in [0.1, 0.15) is 11.1 Å². The number of hydrogen-bond donors (Lipinski definition) is 1. The predicted octanol–water partition coefficient (Wildman–Crippen LogP) is 4.33. The average molecular weight is 356 g/mol. The summed E-state index contributed by atoms with van der Waals surface area (Å²) in [5, 5.41) is 4.10. The van der Waals surface area contributed by atoms with E-state index in [9.17, 15) is 0 Å². The van der Waals surface area contributed by atoms with Crippen molar-refractivity contribution in [3.63, 3.8) is 0 Å². The van der Waals surface area contributed by atoms with E-state index in [1.165, 1.54) is 7.11 Å². The number of hydrogen-bond acceptors (Lipinski definition) is 6. The molecule has 0 amide bonds. The summed E-state index contributed by atoms with van der Waals surface area (Å²) < 4.78 is 5.26. The number of pyridine rings is 2. The van der Waals surface area contributed by atoms with Crippen LogP contribution in [0.15, 0.2) is 54.7 Å². The fourth-order valence-corrected chi connectivity index (χ4v) is 2.85. The molecule has 133 valence electrons. The van der Waals surface area contributed by atoms with Crippen molar-refractivity contribution in [1.82, 2.24) is 19.9 Å². The molecule has 1 radical (unpaired) electrons. The minimum absolute atomic E-state index is 0.248. The number of fused-ring (bicyclic) bond motifs is 1. The Morgan fingerprint density at radius 1 is 1.00 bits per heavy atom. The molecule has 0 aliphatic heterocycles. The Balaban J connectivity index is 1.84. The van der Waals surface area contributed by atoms with Crippen LogP contribution in [0.25, 0.3) is 22.4 Å². The second-order valence-corrected chi connectivity index (χ2v) is 6.12. The largest absolute Gasteiger partial charge is 0.467 e. The molecule has 0 atom stereocenters. The van der Waals surface area contributed by atoms with Crippen LogP contribution in [0.2, 0.25) is 0 Å². The number of methoxy groups -OCH3 is 1. The van der Waals surface area contributed by atoms with Crippen molar-refractivity contribution < 1.29 is 4.74 Å². The summed E-state index contributed by atoms with van der Waals surface area (Å²) in [6, 6.07) is 15.8. The van der Waals surface area contributed by atoms with Crippen LogP contribution in [0.3, 0.4) is 0 Å². The highest BCUT2D eigenvalue weighted by atomic mass is 16.5. The van der Waals surface area contributed by atoms with E-state index in [-0.39, 0.29) is 6.01 Å². The zero-order valence-corrected chi connectivity index (χ0v) is 15.1. The van der Waals surface area contributed by atoms with Crippen LogP contribution >= 0.6 is 0 Å². The Morgan fingerprint density at radius 3 is 2.67 bits per heavy atom. The van der Waals surface area contributed by atoms with Crippen molar-refractivity contribution in [2.24, 2.45) is 0 Å². The van der Waals surface area contributed by atoms with Gasteiger partial charge in [-0.2, -0.15) is 9.97 Å².